The lowest BCUT2D eigenvalue weighted by molar-refractivity contribution is 0.139. The fourth-order valence-electron chi connectivity index (χ4n) is 2.03. The first kappa shape index (κ1) is 10.5. The second-order valence-electron chi connectivity index (χ2n) is 4.24. The summed E-state index contributed by atoms with van der Waals surface area (Å²) in [6, 6.07) is 0. The Hall–Kier alpha value is -1.03. The third kappa shape index (κ3) is 2.31. The fourth-order valence-corrected chi connectivity index (χ4v) is 2.03. The van der Waals surface area contributed by atoms with Gasteiger partial charge in [0.15, 0.2) is 0 Å². The number of aromatic nitrogens is 2. The molecule has 0 aromatic carbocycles. The molecule has 1 aliphatic rings. The molecular weight excluding hydrogens is 193 g/mol. The van der Waals surface area contributed by atoms with Crippen molar-refractivity contribution in [2.24, 2.45) is 0 Å². The maximum absolute atomic E-state index is 13.8. The summed E-state index contributed by atoms with van der Waals surface area (Å²) in [4.78, 5) is 10.3. The maximum atomic E-state index is 13.8. The second kappa shape index (κ2) is 4.23. The molecule has 2 heterocycles. The van der Waals surface area contributed by atoms with Crippen molar-refractivity contribution in [1.82, 2.24) is 14.9 Å². The van der Waals surface area contributed by atoms with Gasteiger partial charge in [-0.3, -0.25) is 0 Å². The van der Waals surface area contributed by atoms with Gasteiger partial charge in [0, 0.05) is 24.9 Å². The Kier molecular flexibility index (Phi) is 2.95. The molecule has 15 heavy (non-hydrogen) atoms. The number of hydrogen-bond acceptors (Lipinski definition) is 3. The first-order valence-corrected chi connectivity index (χ1v) is 5.28. The van der Waals surface area contributed by atoms with E-state index in [-0.39, 0.29) is 5.92 Å². The zero-order valence-electron chi connectivity index (χ0n) is 9.15. The average molecular weight is 209 g/mol. The summed E-state index contributed by atoms with van der Waals surface area (Å²) < 4.78 is 13.8. The Morgan fingerprint density at radius 2 is 2.07 bits per heavy atom. The number of hydrogen-bond donors (Lipinski definition) is 0. The lowest BCUT2D eigenvalue weighted by atomic mass is 9.90. The smallest absolute Gasteiger partial charge is 0.125 e. The highest BCUT2D eigenvalue weighted by molar-refractivity contribution is 5.15. The van der Waals surface area contributed by atoms with Crippen molar-refractivity contribution >= 4 is 0 Å². The minimum Gasteiger partial charge on any atom is -0.303 e. The normalized spacial score (nSPS) is 27.9. The summed E-state index contributed by atoms with van der Waals surface area (Å²) >= 11 is 0. The van der Waals surface area contributed by atoms with Crippen LogP contribution in [0.15, 0.2) is 12.4 Å². The largest absolute Gasteiger partial charge is 0.303 e. The van der Waals surface area contributed by atoms with Gasteiger partial charge in [-0.05, 0) is 32.5 Å². The van der Waals surface area contributed by atoms with Crippen molar-refractivity contribution in [2.75, 3.05) is 20.1 Å². The molecule has 1 aliphatic heterocycles. The summed E-state index contributed by atoms with van der Waals surface area (Å²) in [6.07, 6.45) is 3.56. The summed E-state index contributed by atoms with van der Waals surface area (Å²) in [5, 5.41) is 0. The summed E-state index contributed by atoms with van der Waals surface area (Å²) in [5.41, 5.74) is 0.932. The Bertz CT molecular complexity index is 325. The SMILES string of the molecule is Cc1ncc([C@H]2CCN(C)C[C@H]2F)cn1. The monoisotopic (exact) mass is 209 g/mol. The number of aryl methyl sites for hydroxylation is 1. The predicted octanol–water partition coefficient (Wildman–Crippen LogP) is 1.54. The standard InChI is InChI=1S/C11H16FN3/c1-8-13-5-9(6-14-8)10-3-4-15(2)7-11(10)12/h5-6,10-11H,3-4,7H2,1-2H3/t10-,11-/m1/s1. The van der Waals surface area contributed by atoms with E-state index in [4.69, 9.17) is 0 Å². The molecule has 1 fully saturated rings. The molecule has 0 N–H and O–H groups in total. The van der Waals surface area contributed by atoms with Crippen molar-refractivity contribution in [3.05, 3.63) is 23.8 Å². The topological polar surface area (TPSA) is 29.0 Å². The Morgan fingerprint density at radius 1 is 1.40 bits per heavy atom. The number of halogens is 1. The van der Waals surface area contributed by atoms with Gasteiger partial charge in [-0.1, -0.05) is 0 Å². The van der Waals surface area contributed by atoms with Gasteiger partial charge in [-0.2, -0.15) is 0 Å². The quantitative estimate of drug-likeness (QED) is 0.702. The molecule has 3 nitrogen and oxygen atoms in total. The van der Waals surface area contributed by atoms with Crippen LogP contribution in [-0.4, -0.2) is 41.2 Å². The molecule has 2 rings (SSSR count). The molecule has 0 bridgehead atoms. The third-order valence-electron chi connectivity index (χ3n) is 2.97. The molecule has 0 unspecified atom stereocenters. The Morgan fingerprint density at radius 3 is 2.67 bits per heavy atom. The van der Waals surface area contributed by atoms with Gasteiger partial charge < -0.3 is 4.90 Å². The molecule has 1 aromatic heterocycles. The van der Waals surface area contributed by atoms with Crippen LogP contribution in [-0.2, 0) is 0 Å². The zero-order valence-corrected chi connectivity index (χ0v) is 9.15. The molecule has 1 saturated heterocycles. The third-order valence-corrected chi connectivity index (χ3v) is 2.97. The minimum absolute atomic E-state index is 0.0261. The predicted molar refractivity (Wildman–Crippen MR) is 56.5 cm³/mol. The fraction of sp³-hybridized carbons (Fsp3) is 0.636. The van der Waals surface area contributed by atoms with Crippen LogP contribution in [0.2, 0.25) is 0 Å². The summed E-state index contributed by atoms with van der Waals surface area (Å²) in [7, 11) is 1.95. The number of alkyl halides is 1. The minimum atomic E-state index is -0.796. The highest BCUT2D eigenvalue weighted by atomic mass is 19.1. The van der Waals surface area contributed by atoms with E-state index >= 15 is 0 Å². The number of rotatable bonds is 1. The highest BCUT2D eigenvalue weighted by Crippen LogP contribution is 2.28. The van der Waals surface area contributed by atoms with Crippen LogP contribution >= 0.6 is 0 Å². The molecule has 0 aliphatic carbocycles. The van der Waals surface area contributed by atoms with Gasteiger partial charge in [0.25, 0.3) is 0 Å². The van der Waals surface area contributed by atoms with E-state index in [1.165, 1.54) is 0 Å². The highest BCUT2D eigenvalue weighted by Gasteiger charge is 2.29. The van der Waals surface area contributed by atoms with Crippen LogP contribution < -0.4 is 0 Å². The molecule has 0 saturated carbocycles. The number of likely N-dealkylation sites (tertiary alicyclic amines) is 1. The van der Waals surface area contributed by atoms with Crippen LogP contribution in [0, 0.1) is 6.92 Å². The van der Waals surface area contributed by atoms with E-state index < -0.39 is 6.17 Å². The lowest BCUT2D eigenvalue weighted by Crippen LogP contribution is -2.38. The summed E-state index contributed by atoms with van der Waals surface area (Å²) in [6.45, 7) is 3.29. The molecular formula is C11H16FN3. The van der Waals surface area contributed by atoms with Crippen LogP contribution in [0.25, 0.3) is 0 Å². The zero-order chi connectivity index (χ0) is 10.8. The van der Waals surface area contributed by atoms with Crippen molar-refractivity contribution in [2.45, 2.75) is 25.4 Å². The van der Waals surface area contributed by atoms with Crippen LogP contribution in [0.4, 0.5) is 4.39 Å². The molecule has 82 valence electrons. The number of nitrogens with zero attached hydrogens (tertiary/aromatic N) is 3. The first-order valence-electron chi connectivity index (χ1n) is 5.28. The van der Waals surface area contributed by atoms with E-state index in [0.717, 1.165) is 24.4 Å². The lowest BCUT2D eigenvalue weighted by Gasteiger charge is -2.32. The Labute approximate surface area is 89.3 Å². The van der Waals surface area contributed by atoms with Crippen LogP contribution in [0.5, 0.6) is 0 Å². The molecule has 0 spiro atoms. The van der Waals surface area contributed by atoms with Gasteiger partial charge in [-0.15, -0.1) is 0 Å². The second-order valence-corrected chi connectivity index (χ2v) is 4.24. The van der Waals surface area contributed by atoms with Gasteiger partial charge in [0.05, 0.1) is 0 Å². The van der Waals surface area contributed by atoms with Crippen molar-refractivity contribution in [3.8, 4) is 0 Å². The van der Waals surface area contributed by atoms with E-state index in [1.54, 1.807) is 12.4 Å². The van der Waals surface area contributed by atoms with Gasteiger partial charge in [-0.25, -0.2) is 14.4 Å². The van der Waals surface area contributed by atoms with E-state index in [9.17, 15) is 4.39 Å². The van der Waals surface area contributed by atoms with Gasteiger partial charge in [0.2, 0.25) is 0 Å². The molecule has 0 amide bonds. The van der Waals surface area contributed by atoms with E-state index in [0.29, 0.717) is 6.54 Å². The van der Waals surface area contributed by atoms with Crippen molar-refractivity contribution in [3.63, 3.8) is 0 Å². The van der Waals surface area contributed by atoms with Gasteiger partial charge in [0.1, 0.15) is 12.0 Å². The van der Waals surface area contributed by atoms with Crippen molar-refractivity contribution in [1.29, 1.82) is 0 Å². The van der Waals surface area contributed by atoms with E-state index in [2.05, 4.69) is 9.97 Å². The molecule has 2 atom stereocenters. The van der Waals surface area contributed by atoms with E-state index in [1.807, 2.05) is 18.9 Å². The van der Waals surface area contributed by atoms with Crippen molar-refractivity contribution < 1.29 is 4.39 Å². The van der Waals surface area contributed by atoms with Crippen LogP contribution in [0.1, 0.15) is 23.7 Å². The average Bonchev–Trinajstić information content (AvgIpc) is 2.20. The summed E-state index contributed by atoms with van der Waals surface area (Å²) in [5.74, 6) is 0.712. The van der Waals surface area contributed by atoms with Gasteiger partial charge >= 0.3 is 0 Å². The molecule has 0 radical (unpaired) electrons. The Balaban J connectivity index is 2.13. The number of piperidine rings is 1. The first-order chi connectivity index (χ1) is 7.16. The molecule has 4 heteroatoms. The molecule has 1 aromatic rings. The maximum Gasteiger partial charge on any atom is 0.125 e. The van der Waals surface area contributed by atoms with Crippen LogP contribution in [0.3, 0.4) is 0 Å².